The van der Waals surface area contributed by atoms with Crippen LogP contribution in [0.2, 0.25) is 0 Å². The first-order valence-electron chi connectivity index (χ1n) is 5.27. The molecule has 0 atom stereocenters. The maximum Gasteiger partial charge on any atom is 0.326 e. The Morgan fingerprint density at radius 3 is 3.06 bits per heavy atom. The predicted molar refractivity (Wildman–Crippen MR) is 63.5 cm³/mol. The van der Waals surface area contributed by atoms with Crippen LogP contribution >= 0.6 is 0 Å². The first-order valence-corrected chi connectivity index (χ1v) is 5.27. The molecule has 0 spiro atoms. The number of hydrogen-bond acceptors (Lipinski definition) is 2. The number of aromatic nitrogens is 3. The van der Waals surface area contributed by atoms with Crippen LogP contribution in [0.4, 0.5) is 0 Å². The van der Waals surface area contributed by atoms with Crippen LogP contribution < -0.4 is 5.69 Å². The maximum atomic E-state index is 11.7. The lowest BCUT2D eigenvalue weighted by molar-refractivity contribution is 0.753. The van der Waals surface area contributed by atoms with Crippen LogP contribution in [0.1, 0.15) is 6.92 Å². The fraction of sp³-hybridized carbons (Fsp3) is 0.167. The van der Waals surface area contributed by atoms with Gasteiger partial charge in [-0.25, -0.2) is 4.79 Å². The molecule has 4 heteroatoms. The summed E-state index contributed by atoms with van der Waals surface area (Å²) < 4.78 is 1.72. The Morgan fingerprint density at radius 1 is 1.38 bits per heavy atom. The highest BCUT2D eigenvalue weighted by Gasteiger charge is 2.07. The van der Waals surface area contributed by atoms with Gasteiger partial charge in [0, 0.05) is 18.1 Å². The van der Waals surface area contributed by atoms with Crippen molar-refractivity contribution in [3.63, 3.8) is 0 Å². The number of nitrogens with one attached hydrogen (secondary N) is 1. The van der Waals surface area contributed by atoms with Crippen molar-refractivity contribution in [1.29, 1.82) is 0 Å². The van der Waals surface area contributed by atoms with E-state index in [2.05, 4.69) is 9.97 Å². The molecule has 4 nitrogen and oxygen atoms in total. The third-order valence-electron chi connectivity index (χ3n) is 2.85. The number of H-pyrrole nitrogens is 1. The third-order valence-corrected chi connectivity index (χ3v) is 2.85. The highest BCUT2D eigenvalue weighted by Crippen LogP contribution is 2.20. The minimum atomic E-state index is -0.0612. The van der Waals surface area contributed by atoms with Gasteiger partial charge in [0.1, 0.15) is 0 Å². The number of pyridine rings is 1. The highest BCUT2D eigenvalue weighted by molar-refractivity contribution is 6.02. The molecule has 0 aliphatic rings. The number of aryl methyl sites for hydroxylation is 1. The standard InChI is InChI=1S/C12H11N3O/c1-2-15-10-6-5-9-8(4-3-7-13-9)11(10)14-12(15)16/h3-7H,2H2,1H3,(H,14,16). The van der Waals surface area contributed by atoms with Gasteiger partial charge in [-0.15, -0.1) is 0 Å². The molecule has 0 saturated heterocycles. The summed E-state index contributed by atoms with van der Waals surface area (Å²) in [7, 11) is 0. The normalized spacial score (nSPS) is 11.3. The fourth-order valence-electron chi connectivity index (χ4n) is 2.09. The van der Waals surface area contributed by atoms with Gasteiger partial charge in [0.25, 0.3) is 0 Å². The molecule has 1 N–H and O–H groups in total. The van der Waals surface area contributed by atoms with E-state index in [0.29, 0.717) is 6.54 Å². The van der Waals surface area contributed by atoms with E-state index in [1.807, 2.05) is 31.2 Å². The van der Waals surface area contributed by atoms with Crippen LogP contribution in [0.15, 0.2) is 35.3 Å². The summed E-state index contributed by atoms with van der Waals surface area (Å²) >= 11 is 0. The Labute approximate surface area is 91.5 Å². The second-order valence-corrected chi connectivity index (χ2v) is 3.70. The summed E-state index contributed by atoms with van der Waals surface area (Å²) in [4.78, 5) is 18.9. The first-order chi connectivity index (χ1) is 7.81. The summed E-state index contributed by atoms with van der Waals surface area (Å²) in [5, 5.41) is 0.990. The summed E-state index contributed by atoms with van der Waals surface area (Å²) in [6.07, 6.45) is 1.75. The van der Waals surface area contributed by atoms with Gasteiger partial charge in [-0.3, -0.25) is 9.55 Å². The van der Waals surface area contributed by atoms with Crippen LogP contribution in [0.5, 0.6) is 0 Å². The topological polar surface area (TPSA) is 50.7 Å². The Hall–Kier alpha value is -2.10. The molecule has 0 fully saturated rings. The quantitative estimate of drug-likeness (QED) is 0.671. The van der Waals surface area contributed by atoms with Gasteiger partial charge in [-0.2, -0.15) is 0 Å². The summed E-state index contributed by atoms with van der Waals surface area (Å²) in [6.45, 7) is 2.63. The third kappa shape index (κ3) is 1.10. The Balaban J connectivity index is 2.57. The molecule has 0 unspecified atom stereocenters. The van der Waals surface area contributed by atoms with E-state index in [1.54, 1.807) is 10.8 Å². The van der Waals surface area contributed by atoms with E-state index in [4.69, 9.17) is 0 Å². The first kappa shape index (κ1) is 9.15. The van der Waals surface area contributed by atoms with Crippen LogP contribution in [-0.2, 0) is 6.54 Å². The van der Waals surface area contributed by atoms with E-state index < -0.39 is 0 Å². The maximum absolute atomic E-state index is 11.7. The SMILES string of the molecule is CCn1c(=O)[nH]c2c3cccnc3ccc21. The Kier molecular flexibility index (Phi) is 1.83. The lowest BCUT2D eigenvalue weighted by Crippen LogP contribution is -2.14. The monoisotopic (exact) mass is 213 g/mol. The summed E-state index contributed by atoms with van der Waals surface area (Å²) in [6, 6.07) is 7.73. The van der Waals surface area contributed by atoms with Gasteiger partial charge in [0.15, 0.2) is 0 Å². The molecule has 3 aromatic rings. The van der Waals surface area contributed by atoms with Gasteiger partial charge in [0.2, 0.25) is 0 Å². The fourth-order valence-corrected chi connectivity index (χ4v) is 2.09. The number of nitrogens with zero attached hydrogens (tertiary/aromatic N) is 2. The van der Waals surface area contributed by atoms with E-state index in [-0.39, 0.29) is 5.69 Å². The predicted octanol–water partition coefficient (Wildman–Crippen LogP) is 1.90. The molecule has 0 bridgehead atoms. The number of hydrogen-bond donors (Lipinski definition) is 1. The lowest BCUT2D eigenvalue weighted by atomic mass is 10.2. The van der Waals surface area contributed by atoms with Gasteiger partial charge >= 0.3 is 5.69 Å². The minimum Gasteiger partial charge on any atom is -0.305 e. The number of aromatic amines is 1. The highest BCUT2D eigenvalue weighted by atomic mass is 16.1. The molecule has 80 valence electrons. The van der Waals surface area contributed by atoms with Crippen molar-refractivity contribution in [1.82, 2.24) is 14.5 Å². The zero-order valence-corrected chi connectivity index (χ0v) is 8.90. The summed E-state index contributed by atoms with van der Waals surface area (Å²) in [5.74, 6) is 0. The van der Waals surface area contributed by atoms with E-state index >= 15 is 0 Å². The molecule has 0 radical (unpaired) electrons. The molecular weight excluding hydrogens is 202 g/mol. The van der Waals surface area contributed by atoms with Gasteiger partial charge < -0.3 is 4.98 Å². The van der Waals surface area contributed by atoms with Crippen molar-refractivity contribution < 1.29 is 0 Å². The van der Waals surface area contributed by atoms with Crippen LogP contribution in [0.25, 0.3) is 21.9 Å². The van der Waals surface area contributed by atoms with Crippen molar-refractivity contribution >= 4 is 21.9 Å². The molecule has 0 saturated carbocycles. The molecule has 16 heavy (non-hydrogen) atoms. The van der Waals surface area contributed by atoms with Crippen molar-refractivity contribution in [2.24, 2.45) is 0 Å². The average Bonchev–Trinajstić information content (AvgIpc) is 2.65. The lowest BCUT2D eigenvalue weighted by Gasteiger charge is -2.00. The van der Waals surface area contributed by atoms with Gasteiger partial charge in [-0.1, -0.05) is 0 Å². The van der Waals surface area contributed by atoms with Gasteiger partial charge in [0.05, 0.1) is 16.6 Å². The number of imidazole rings is 1. The molecular formula is C12H11N3O. The smallest absolute Gasteiger partial charge is 0.305 e. The molecule has 3 rings (SSSR count). The van der Waals surface area contributed by atoms with Crippen LogP contribution in [0.3, 0.4) is 0 Å². The molecule has 1 aromatic carbocycles. The van der Waals surface area contributed by atoms with Crippen molar-refractivity contribution in [3.05, 3.63) is 40.9 Å². The molecule has 2 heterocycles. The molecule has 0 aliphatic carbocycles. The Bertz CT molecular complexity index is 724. The van der Waals surface area contributed by atoms with Crippen molar-refractivity contribution in [3.8, 4) is 0 Å². The minimum absolute atomic E-state index is 0.0612. The second-order valence-electron chi connectivity index (χ2n) is 3.70. The van der Waals surface area contributed by atoms with E-state index in [1.165, 1.54) is 0 Å². The van der Waals surface area contributed by atoms with E-state index in [0.717, 1.165) is 21.9 Å². The van der Waals surface area contributed by atoms with Crippen LogP contribution in [-0.4, -0.2) is 14.5 Å². The number of benzene rings is 1. The van der Waals surface area contributed by atoms with Crippen molar-refractivity contribution in [2.75, 3.05) is 0 Å². The molecule has 2 aromatic heterocycles. The molecule has 0 aliphatic heterocycles. The van der Waals surface area contributed by atoms with Crippen LogP contribution in [0, 0.1) is 0 Å². The summed E-state index contributed by atoms with van der Waals surface area (Å²) in [5.41, 5.74) is 2.65. The second kappa shape index (κ2) is 3.20. The zero-order valence-electron chi connectivity index (χ0n) is 8.90. The average molecular weight is 213 g/mol. The largest absolute Gasteiger partial charge is 0.326 e. The number of rotatable bonds is 1. The van der Waals surface area contributed by atoms with Crippen molar-refractivity contribution in [2.45, 2.75) is 13.5 Å². The zero-order chi connectivity index (χ0) is 11.1. The number of fused-ring (bicyclic) bond motifs is 3. The molecule has 0 amide bonds. The van der Waals surface area contributed by atoms with Gasteiger partial charge in [-0.05, 0) is 31.2 Å². The van der Waals surface area contributed by atoms with E-state index in [9.17, 15) is 4.79 Å². The Morgan fingerprint density at radius 2 is 2.25 bits per heavy atom.